The first kappa shape index (κ1) is 7.42. The Bertz CT molecular complexity index is 86.3. The molecule has 4 heteroatoms. The molecule has 1 heterocycles. The fourth-order valence-electron chi connectivity index (χ4n) is 0.547. The molecule has 0 aromatic carbocycles. The molecule has 0 saturated carbocycles. The third kappa shape index (κ3) is 2.18. The van der Waals surface area contributed by atoms with Crippen LogP contribution in [0.25, 0.3) is 0 Å². The molecule has 2 atom stereocenters. The van der Waals surface area contributed by atoms with Crippen LogP contribution in [0.15, 0.2) is 0 Å². The molecule has 1 rings (SSSR count). The smallest absolute Gasteiger partial charge is 0.313 e. The highest BCUT2D eigenvalue weighted by Gasteiger charge is 2.24. The molecule has 0 aromatic rings. The maximum Gasteiger partial charge on any atom is 0.333 e. The van der Waals surface area contributed by atoms with Crippen LogP contribution < -0.4 is 0 Å². The van der Waals surface area contributed by atoms with Crippen LogP contribution in [0.4, 0.5) is 0 Å². The van der Waals surface area contributed by atoms with Gasteiger partial charge in [-0.15, -0.1) is 0 Å². The second-order valence-electron chi connectivity index (χ2n) is 1.85. The van der Waals surface area contributed by atoms with Gasteiger partial charge >= 0.3 is 8.60 Å². The van der Waals surface area contributed by atoms with Gasteiger partial charge in [0.05, 0.1) is 19.3 Å². The van der Waals surface area contributed by atoms with Crippen molar-refractivity contribution in [1.29, 1.82) is 0 Å². The van der Waals surface area contributed by atoms with Gasteiger partial charge in [-0.25, -0.2) is 0 Å². The standard InChI is InChI=1S/C5H11O3P/c1-3-6-9-7-4-5(2)8-9/h5H,3-4H2,1-2H3/t5-,9?/m1/s1. The summed E-state index contributed by atoms with van der Waals surface area (Å²) < 4.78 is 15.4. The van der Waals surface area contributed by atoms with Gasteiger partial charge in [0.15, 0.2) is 0 Å². The van der Waals surface area contributed by atoms with Crippen molar-refractivity contribution in [3.8, 4) is 0 Å². The van der Waals surface area contributed by atoms with Crippen molar-refractivity contribution in [2.45, 2.75) is 20.0 Å². The molecule has 1 aliphatic heterocycles. The Hall–Kier alpha value is 0.310. The van der Waals surface area contributed by atoms with Gasteiger partial charge < -0.3 is 13.6 Å². The first-order valence-corrected chi connectivity index (χ1v) is 4.15. The molecule has 1 aliphatic rings. The molecule has 1 fully saturated rings. The van der Waals surface area contributed by atoms with Crippen LogP contribution in [-0.4, -0.2) is 19.3 Å². The predicted octanol–water partition coefficient (Wildman–Crippen LogP) is 1.69. The Labute approximate surface area is 56.3 Å². The zero-order valence-electron chi connectivity index (χ0n) is 5.66. The lowest BCUT2D eigenvalue weighted by Gasteiger charge is -2.04. The number of hydrogen-bond acceptors (Lipinski definition) is 3. The van der Waals surface area contributed by atoms with E-state index < -0.39 is 8.60 Å². The van der Waals surface area contributed by atoms with E-state index in [1.54, 1.807) is 0 Å². The Morgan fingerprint density at radius 2 is 2.56 bits per heavy atom. The molecule has 9 heavy (non-hydrogen) atoms. The molecule has 0 bridgehead atoms. The van der Waals surface area contributed by atoms with Gasteiger partial charge in [-0.05, 0) is 13.8 Å². The fourth-order valence-corrected chi connectivity index (χ4v) is 1.64. The minimum absolute atomic E-state index is 0.211. The van der Waals surface area contributed by atoms with Crippen molar-refractivity contribution in [2.24, 2.45) is 0 Å². The average Bonchev–Trinajstić information content (AvgIpc) is 2.17. The highest BCUT2D eigenvalue weighted by Crippen LogP contribution is 2.45. The monoisotopic (exact) mass is 150 g/mol. The Balaban J connectivity index is 2.14. The predicted molar refractivity (Wildman–Crippen MR) is 35.0 cm³/mol. The molecule has 3 nitrogen and oxygen atoms in total. The van der Waals surface area contributed by atoms with E-state index in [-0.39, 0.29) is 6.10 Å². The summed E-state index contributed by atoms with van der Waals surface area (Å²) >= 11 is 0. The van der Waals surface area contributed by atoms with Crippen LogP contribution in [0, 0.1) is 0 Å². The minimum atomic E-state index is -0.985. The Morgan fingerprint density at radius 3 is 3.00 bits per heavy atom. The van der Waals surface area contributed by atoms with Gasteiger partial charge in [-0.2, -0.15) is 0 Å². The number of hydrogen-bond donors (Lipinski definition) is 0. The summed E-state index contributed by atoms with van der Waals surface area (Å²) in [6, 6.07) is 0. The SMILES string of the molecule is CCOP1OC[C@@H](C)O1. The van der Waals surface area contributed by atoms with Gasteiger partial charge in [0, 0.05) is 0 Å². The molecular formula is C5H11O3P. The van der Waals surface area contributed by atoms with Crippen LogP contribution in [0.2, 0.25) is 0 Å². The van der Waals surface area contributed by atoms with Crippen LogP contribution in [0.3, 0.4) is 0 Å². The largest absolute Gasteiger partial charge is 0.333 e. The van der Waals surface area contributed by atoms with E-state index in [0.29, 0.717) is 13.2 Å². The van der Waals surface area contributed by atoms with Crippen molar-refractivity contribution in [3.63, 3.8) is 0 Å². The van der Waals surface area contributed by atoms with Crippen LogP contribution in [0.1, 0.15) is 13.8 Å². The van der Waals surface area contributed by atoms with Gasteiger partial charge in [0.25, 0.3) is 0 Å². The van der Waals surface area contributed by atoms with E-state index in [0.717, 1.165) is 0 Å². The fraction of sp³-hybridized carbons (Fsp3) is 1.00. The molecular weight excluding hydrogens is 139 g/mol. The molecule has 0 N–H and O–H groups in total. The average molecular weight is 150 g/mol. The minimum Gasteiger partial charge on any atom is -0.313 e. The summed E-state index contributed by atoms with van der Waals surface area (Å²) in [5, 5.41) is 0. The molecule has 0 aromatic heterocycles. The van der Waals surface area contributed by atoms with E-state index >= 15 is 0 Å². The summed E-state index contributed by atoms with van der Waals surface area (Å²) in [6.07, 6.45) is 0.211. The lowest BCUT2D eigenvalue weighted by molar-refractivity contribution is 0.233. The normalized spacial score (nSPS) is 35.3. The van der Waals surface area contributed by atoms with Crippen molar-refractivity contribution in [1.82, 2.24) is 0 Å². The third-order valence-electron chi connectivity index (χ3n) is 0.915. The summed E-state index contributed by atoms with van der Waals surface area (Å²) in [4.78, 5) is 0. The lowest BCUT2D eigenvalue weighted by Crippen LogP contribution is -1.99. The first-order valence-electron chi connectivity index (χ1n) is 3.05. The summed E-state index contributed by atoms with van der Waals surface area (Å²) in [5.74, 6) is 0. The summed E-state index contributed by atoms with van der Waals surface area (Å²) in [7, 11) is -0.985. The van der Waals surface area contributed by atoms with Crippen molar-refractivity contribution in [3.05, 3.63) is 0 Å². The van der Waals surface area contributed by atoms with E-state index in [2.05, 4.69) is 0 Å². The van der Waals surface area contributed by atoms with E-state index in [9.17, 15) is 0 Å². The summed E-state index contributed by atoms with van der Waals surface area (Å²) in [6.45, 7) is 5.24. The van der Waals surface area contributed by atoms with Gasteiger partial charge in [-0.1, -0.05) is 0 Å². The van der Waals surface area contributed by atoms with Crippen LogP contribution in [-0.2, 0) is 13.6 Å². The lowest BCUT2D eigenvalue weighted by atomic mass is 10.5. The molecule has 1 unspecified atom stereocenters. The molecule has 54 valence electrons. The number of rotatable bonds is 2. The molecule has 0 amide bonds. The molecule has 1 saturated heterocycles. The molecule has 0 spiro atoms. The highest BCUT2D eigenvalue weighted by molar-refractivity contribution is 7.41. The van der Waals surface area contributed by atoms with Crippen molar-refractivity contribution < 1.29 is 13.6 Å². The van der Waals surface area contributed by atoms with Crippen LogP contribution >= 0.6 is 8.60 Å². The second-order valence-corrected chi connectivity index (χ2v) is 3.03. The van der Waals surface area contributed by atoms with Gasteiger partial charge in [-0.3, -0.25) is 0 Å². The maximum atomic E-state index is 5.22. The molecule has 0 radical (unpaired) electrons. The highest BCUT2D eigenvalue weighted by atomic mass is 31.2. The molecule has 0 aliphatic carbocycles. The van der Waals surface area contributed by atoms with Crippen LogP contribution in [0.5, 0.6) is 0 Å². The maximum absolute atomic E-state index is 5.22. The Kier molecular flexibility index (Phi) is 2.86. The summed E-state index contributed by atoms with van der Waals surface area (Å²) in [5.41, 5.74) is 0. The zero-order chi connectivity index (χ0) is 6.69. The third-order valence-corrected chi connectivity index (χ3v) is 2.28. The second kappa shape index (κ2) is 3.47. The first-order chi connectivity index (χ1) is 4.33. The van der Waals surface area contributed by atoms with Crippen molar-refractivity contribution in [2.75, 3.05) is 13.2 Å². The quantitative estimate of drug-likeness (QED) is 0.560. The van der Waals surface area contributed by atoms with Gasteiger partial charge in [0.2, 0.25) is 0 Å². The zero-order valence-corrected chi connectivity index (χ0v) is 6.56. The van der Waals surface area contributed by atoms with E-state index in [4.69, 9.17) is 13.6 Å². The van der Waals surface area contributed by atoms with Gasteiger partial charge in [0.1, 0.15) is 0 Å². The Morgan fingerprint density at radius 1 is 1.78 bits per heavy atom. The van der Waals surface area contributed by atoms with Crippen molar-refractivity contribution >= 4 is 8.60 Å². The van der Waals surface area contributed by atoms with E-state index in [1.807, 2.05) is 13.8 Å². The van der Waals surface area contributed by atoms with E-state index in [1.165, 1.54) is 0 Å². The topological polar surface area (TPSA) is 27.7 Å².